The second-order valence-electron chi connectivity index (χ2n) is 11.6. The summed E-state index contributed by atoms with van der Waals surface area (Å²) >= 11 is 0. The van der Waals surface area contributed by atoms with E-state index in [0.717, 1.165) is 0 Å². The van der Waals surface area contributed by atoms with Crippen molar-refractivity contribution in [1.29, 1.82) is 0 Å². The van der Waals surface area contributed by atoms with E-state index in [-0.39, 0.29) is 35.3 Å². The molecule has 1 atom stereocenters. The first-order valence-electron chi connectivity index (χ1n) is 13.1. The molecule has 0 saturated carbocycles. The molecule has 4 rings (SSSR count). The van der Waals surface area contributed by atoms with Gasteiger partial charge in [-0.2, -0.15) is 24.3 Å². The van der Waals surface area contributed by atoms with Crippen LogP contribution in [0.5, 0.6) is 0 Å². The summed E-state index contributed by atoms with van der Waals surface area (Å²) in [5.74, 6) is 0. The zero-order valence-corrected chi connectivity index (χ0v) is 27.0. The minimum Gasteiger partial charge on any atom is -0.214 e. The van der Waals surface area contributed by atoms with Crippen LogP contribution in [-0.4, -0.2) is 10.3 Å². The zero-order chi connectivity index (χ0) is 26.5. The Bertz CT molecular complexity index is 1130. The third-order valence-corrected chi connectivity index (χ3v) is 13.2. The van der Waals surface area contributed by atoms with Gasteiger partial charge >= 0.3 is 17.1 Å². The van der Waals surface area contributed by atoms with E-state index < -0.39 is 7.92 Å². The first-order valence-corrected chi connectivity index (χ1v) is 15.8. The zero-order valence-electron chi connectivity index (χ0n) is 24.1. The van der Waals surface area contributed by atoms with Gasteiger partial charge in [-0.05, 0) is 59.5 Å². The van der Waals surface area contributed by atoms with Crippen LogP contribution in [0.4, 0.5) is 0 Å². The summed E-state index contributed by atoms with van der Waals surface area (Å²) in [7, 11) is -0.828. The number of benzene rings is 2. The van der Waals surface area contributed by atoms with Crippen molar-refractivity contribution in [2.45, 2.75) is 78.3 Å². The smallest absolute Gasteiger partial charge is 0.214 e. The van der Waals surface area contributed by atoms with Gasteiger partial charge in [-0.1, -0.05) is 105 Å². The van der Waals surface area contributed by atoms with Crippen LogP contribution in [0.3, 0.4) is 0 Å². The Labute approximate surface area is 240 Å². The molecular formula is C34H44FeP2. The van der Waals surface area contributed by atoms with Crippen molar-refractivity contribution in [3.63, 3.8) is 0 Å². The van der Waals surface area contributed by atoms with Crippen molar-refractivity contribution in [2.24, 2.45) is 0 Å². The molecule has 198 valence electrons. The minimum atomic E-state index is -0.507. The van der Waals surface area contributed by atoms with Crippen LogP contribution in [-0.2, 0) is 17.1 Å². The summed E-state index contributed by atoms with van der Waals surface area (Å²) in [6.07, 6.45) is 0. The van der Waals surface area contributed by atoms with E-state index in [2.05, 4.69) is 129 Å². The Morgan fingerprint density at radius 2 is 1.14 bits per heavy atom. The second-order valence-corrected chi connectivity index (χ2v) is 17.9. The van der Waals surface area contributed by atoms with Gasteiger partial charge in [-0.15, -0.1) is 10.9 Å². The molecule has 3 heteroatoms. The molecule has 0 amide bonds. The van der Waals surface area contributed by atoms with Crippen LogP contribution in [0.2, 0.25) is 0 Å². The van der Waals surface area contributed by atoms with Crippen molar-refractivity contribution >= 4 is 31.8 Å². The molecule has 37 heavy (non-hydrogen) atoms. The van der Waals surface area contributed by atoms with Gasteiger partial charge in [-0.3, -0.25) is 0 Å². The molecule has 0 unspecified atom stereocenters. The molecule has 0 heterocycles. The Kier molecular flexibility index (Phi) is 11.6. The third-order valence-electron chi connectivity index (χ3n) is 6.55. The van der Waals surface area contributed by atoms with Crippen LogP contribution in [0, 0.1) is 13.8 Å². The van der Waals surface area contributed by atoms with Gasteiger partial charge in [0.15, 0.2) is 0 Å². The molecule has 0 aliphatic carbocycles. The molecule has 4 aromatic rings. The van der Waals surface area contributed by atoms with Crippen molar-refractivity contribution < 1.29 is 17.1 Å². The summed E-state index contributed by atoms with van der Waals surface area (Å²) in [6, 6.07) is 35.2. The molecule has 0 nitrogen and oxygen atoms in total. The number of aryl methyl sites for hydroxylation is 2. The minimum absolute atomic E-state index is 0. The number of rotatable bonds is 5. The van der Waals surface area contributed by atoms with E-state index >= 15 is 0 Å². The van der Waals surface area contributed by atoms with Gasteiger partial charge in [0.25, 0.3) is 0 Å². The van der Waals surface area contributed by atoms with E-state index in [1.807, 2.05) is 30.3 Å². The van der Waals surface area contributed by atoms with Crippen LogP contribution >= 0.6 is 15.8 Å². The summed E-state index contributed by atoms with van der Waals surface area (Å²) < 4.78 is 0. The topological polar surface area (TPSA) is 0 Å². The molecule has 0 saturated heterocycles. The Morgan fingerprint density at radius 1 is 0.676 bits per heavy atom. The van der Waals surface area contributed by atoms with E-state index in [9.17, 15) is 0 Å². The van der Waals surface area contributed by atoms with Crippen LogP contribution < -0.4 is 15.9 Å². The molecular weight excluding hydrogens is 526 g/mol. The van der Waals surface area contributed by atoms with Crippen LogP contribution in [0.25, 0.3) is 0 Å². The standard InChI is InChI=1S/C29H39P2.C5H5.Fe/c1-21-15-10-12-18-25(21)30(26-19-13-11-16-22(26)2)23(3)24-17-14-20-27(24)31(28(4,5)6)29(7,8)9;1-2-4-5-3-1;/h10-20,23H,1-9H3;1-5H;/q2*-1;+2/t23-;;/m1../s1. The average Bonchev–Trinajstić information content (AvgIpc) is 3.50. The van der Waals surface area contributed by atoms with Crippen molar-refractivity contribution in [3.05, 3.63) is 114 Å². The number of hydrogen-bond donors (Lipinski definition) is 0. The van der Waals surface area contributed by atoms with Crippen molar-refractivity contribution in [3.8, 4) is 0 Å². The normalized spacial score (nSPS) is 12.6. The summed E-state index contributed by atoms with van der Waals surface area (Å²) in [5.41, 5.74) is 4.85. The van der Waals surface area contributed by atoms with Gasteiger partial charge in [-0.25, -0.2) is 24.3 Å². The van der Waals surface area contributed by atoms with Gasteiger partial charge < -0.3 is 0 Å². The fourth-order valence-electron chi connectivity index (χ4n) is 5.38. The predicted molar refractivity (Wildman–Crippen MR) is 167 cm³/mol. The molecule has 0 spiro atoms. The first kappa shape index (κ1) is 31.7. The molecule has 4 aromatic carbocycles. The van der Waals surface area contributed by atoms with Gasteiger partial charge in [0, 0.05) is 0 Å². The molecule has 0 aliphatic rings. The monoisotopic (exact) mass is 570 g/mol. The summed E-state index contributed by atoms with van der Waals surface area (Å²) in [6.45, 7) is 21.6. The fraction of sp³-hybridized carbons (Fsp3) is 0.353. The van der Waals surface area contributed by atoms with E-state index in [1.54, 1.807) is 10.9 Å². The Balaban J connectivity index is 0.000000716. The van der Waals surface area contributed by atoms with Crippen molar-refractivity contribution in [2.75, 3.05) is 0 Å². The molecule has 0 aliphatic heterocycles. The summed E-state index contributed by atoms with van der Waals surface area (Å²) in [4.78, 5) is 0. The number of hydrogen-bond acceptors (Lipinski definition) is 0. The van der Waals surface area contributed by atoms with Gasteiger partial charge in [0.1, 0.15) is 0 Å². The molecule has 0 aromatic heterocycles. The predicted octanol–water partition coefficient (Wildman–Crippen LogP) is 9.32. The first-order chi connectivity index (χ1) is 16.9. The maximum absolute atomic E-state index is 2.47. The maximum Gasteiger partial charge on any atom is 2.00 e. The largest absolute Gasteiger partial charge is 2.00 e. The Hall–Kier alpha value is -1.48. The van der Waals surface area contributed by atoms with Crippen LogP contribution in [0.15, 0.2) is 97.1 Å². The van der Waals surface area contributed by atoms with Crippen LogP contribution in [0.1, 0.15) is 70.8 Å². The van der Waals surface area contributed by atoms with Crippen molar-refractivity contribution in [1.82, 2.24) is 0 Å². The van der Waals surface area contributed by atoms with Gasteiger partial charge in [0.2, 0.25) is 0 Å². The Morgan fingerprint density at radius 3 is 1.51 bits per heavy atom. The molecule has 0 radical (unpaired) electrons. The second kappa shape index (κ2) is 13.5. The van der Waals surface area contributed by atoms with E-state index in [0.29, 0.717) is 5.66 Å². The molecule has 0 N–H and O–H groups in total. The fourth-order valence-corrected chi connectivity index (χ4v) is 12.7. The average molecular weight is 571 g/mol. The van der Waals surface area contributed by atoms with E-state index in [1.165, 1.54) is 21.7 Å². The maximum atomic E-state index is 2.47. The summed E-state index contributed by atoms with van der Waals surface area (Å²) in [5, 5.41) is 5.18. The molecule has 0 bridgehead atoms. The molecule has 0 fully saturated rings. The van der Waals surface area contributed by atoms with E-state index in [4.69, 9.17) is 0 Å². The SMILES string of the molecule is Cc1ccccc1P(c1ccccc1C)[C@H](C)[c-]1cccc1P(C(C)(C)C)C(C)(C)C.[Fe+2].c1cc[cH-]c1. The quantitative estimate of drug-likeness (QED) is 0.127. The third kappa shape index (κ3) is 8.01. The van der Waals surface area contributed by atoms with Gasteiger partial charge in [0.05, 0.1) is 0 Å².